The van der Waals surface area contributed by atoms with Crippen LogP contribution >= 0.6 is 0 Å². The zero-order chi connectivity index (χ0) is 26.2. The van der Waals surface area contributed by atoms with Crippen LogP contribution in [0.1, 0.15) is 45.4 Å². The van der Waals surface area contributed by atoms with E-state index in [2.05, 4.69) is 44.4 Å². The molecule has 200 valence electrons. The maximum Gasteiger partial charge on any atom is 0.350 e. The van der Waals surface area contributed by atoms with E-state index in [4.69, 9.17) is 9.47 Å². The van der Waals surface area contributed by atoms with Crippen LogP contribution in [0.25, 0.3) is 5.69 Å². The fourth-order valence-electron chi connectivity index (χ4n) is 6.54. The third-order valence-corrected chi connectivity index (χ3v) is 8.31. The molecule has 3 fully saturated rings. The highest BCUT2D eigenvalue weighted by Crippen LogP contribution is 2.43. The molecule has 4 aliphatic rings. The standard InChI is InChI=1S/C26H31FN8O3/c1-25(2)11-16(9-17-5-4-8-34(17)25)29-21-18(27)12-28-23(31-21)30-15-6-7-20-19(10-15)35-22(32-33(3)24(35)36)26(38-20)13-37-14-26/h6-7,10,12,16-17H,4-5,8-9,11,13-14H2,1-3H3,(H2,28,29,30,31)/t16-,17+/m1/s1. The van der Waals surface area contributed by atoms with E-state index in [0.29, 0.717) is 42.2 Å². The van der Waals surface area contributed by atoms with Crippen LogP contribution in [-0.2, 0) is 17.4 Å². The number of aromatic nitrogens is 5. The van der Waals surface area contributed by atoms with E-state index in [0.717, 1.165) is 19.4 Å². The van der Waals surface area contributed by atoms with Crippen LogP contribution < -0.4 is 21.1 Å². The molecule has 2 N–H and O–H groups in total. The molecule has 0 amide bonds. The first kappa shape index (κ1) is 23.6. The van der Waals surface area contributed by atoms with Gasteiger partial charge in [0, 0.05) is 30.4 Å². The van der Waals surface area contributed by atoms with Crippen LogP contribution in [0.4, 0.5) is 21.8 Å². The third kappa shape index (κ3) is 3.61. The van der Waals surface area contributed by atoms with Crippen LogP contribution in [0, 0.1) is 5.82 Å². The van der Waals surface area contributed by atoms with Crippen LogP contribution in [0.5, 0.6) is 5.75 Å². The van der Waals surface area contributed by atoms with Gasteiger partial charge in [0.15, 0.2) is 17.5 Å². The number of nitrogens with one attached hydrogen (secondary N) is 2. The lowest BCUT2D eigenvalue weighted by molar-refractivity contribution is -0.176. The lowest BCUT2D eigenvalue weighted by Gasteiger charge is -2.47. The number of rotatable bonds is 4. The van der Waals surface area contributed by atoms with Gasteiger partial charge in [-0.15, -0.1) is 0 Å². The van der Waals surface area contributed by atoms with Crippen molar-refractivity contribution >= 4 is 17.5 Å². The number of halogens is 1. The molecule has 1 spiro atoms. The van der Waals surface area contributed by atoms with E-state index in [1.165, 1.54) is 23.7 Å². The molecule has 2 atom stereocenters. The lowest BCUT2D eigenvalue weighted by Crippen LogP contribution is -2.55. The average molecular weight is 523 g/mol. The third-order valence-electron chi connectivity index (χ3n) is 8.31. The number of ether oxygens (including phenoxy) is 2. The van der Waals surface area contributed by atoms with E-state index in [-0.39, 0.29) is 29.0 Å². The maximum absolute atomic E-state index is 14.8. The van der Waals surface area contributed by atoms with E-state index in [9.17, 15) is 9.18 Å². The van der Waals surface area contributed by atoms with Crippen LogP contribution in [0.3, 0.4) is 0 Å². The Morgan fingerprint density at radius 2 is 2.08 bits per heavy atom. The molecule has 0 unspecified atom stereocenters. The second-order valence-corrected chi connectivity index (χ2v) is 11.4. The SMILES string of the molecule is Cn1nc2n(c1=O)-c1cc(Nc3ncc(F)c(N[C@@H]4C[C@@H]5CCCN5C(C)(C)C4)n3)ccc1OC21COC1. The van der Waals surface area contributed by atoms with Crippen molar-refractivity contribution in [3.05, 3.63) is 46.5 Å². The molecule has 0 aliphatic carbocycles. The maximum atomic E-state index is 14.8. The Balaban J connectivity index is 1.15. The Bertz CT molecular complexity index is 1480. The van der Waals surface area contributed by atoms with Gasteiger partial charge < -0.3 is 20.1 Å². The number of fused-ring (bicyclic) bond motifs is 5. The smallest absolute Gasteiger partial charge is 0.350 e. The predicted octanol–water partition coefficient (Wildman–Crippen LogP) is 2.68. The molecule has 4 aliphatic heterocycles. The predicted molar refractivity (Wildman–Crippen MR) is 138 cm³/mol. The van der Waals surface area contributed by atoms with Gasteiger partial charge in [0.25, 0.3) is 0 Å². The van der Waals surface area contributed by atoms with Gasteiger partial charge in [-0.25, -0.2) is 23.4 Å². The van der Waals surface area contributed by atoms with Gasteiger partial charge in [0.05, 0.1) is 25.1 Å². The Morgan fingerprint density at radius 3 is 2.87 bits per heavy atom. The first-order valence-electron chi connectivity index (χ1n) is 13.1. The number of piperidine rings is 1. The first-order chi connectivity index (χ1) is 18.2. The van der Waals surface area contributed by atoms with Gasteiger partial charge in [-0.05, 0) is 64.3 Å². The minimum Gasteiger partial charge on any atom is -0.472 e. The summed E-state index contributed by atoms with van der Waals surface area (Å²) in [4.78, 5) is 24.1. The second kappa shape index (κ2) is 8.24. The quantitative estimate of drug-likeness (QED) is 0.534. The van der Waals surface area contributed by atoms with Gasteiger partial charge in [-0.1, -0.05) is 0 Å². The van der Waals surface area contributed by atoms with Crippen molar-refractivity contribution in [1.82, 2.24) is 29.2 Å². The van der Waals surface area contributed by atoms with E-state index in [1.807, 2.05) is 6.07 Å². The molecule has 6 heterocycles. The largest absolute Gasteiger partial charge is 0.472 e. The summed E-state index contributed by atoms with van der Waals surface area (Å²) in [5, 5.41) is 10.9. The molecule has 2 aromatic heterocycles. The van der Waals surface area contributed by atoms with E-state index >= 15 is 0 Å². The summed E-state index contributed by atoms with van der Waals surface area (Å²) in [7, 11) is 1.61. The number of hydrogen-bond acceptors (Lipinski definition) is 9. The fourth-order valence-corrected chi connectivity index (χ4v) is 6.54. The van der Waals surface area contributed by atoms with E-state index in [1.54, 1.807) is 23.7 Å². The minimum atomic E-state index is -0.758. The number of benzene rings is 1. The Morgan fingerprint density at radius 1 is 1.24 bits per heavy atom. The van der Waals surface area contributed by atoms with Crippen molar-refractivity contribution < 1.29 is 13.9 Å². The van der Waals surface area contributed by atoms with Crippen molar-refractivity contribution in [2.75, 3.05) is 30.4 Å². The second-order valence-electron chi connectivity index (χ2n) is 11.4. The highest BCUT2D eigenvalue weighted by molar-refractivity contribution is 5.64. The summed E-state index contributed by atoms with van der Waals surface area (Å²) in [5.41, 5.74) is 0.222. The molecular formula is C26H31FN8O3. The normalized spacial score (nSPS) is 24.6. The summed E-state index contributed by atoms with van der Waals surface area (Å²) in [6.45, 7) is 6.33. The van der Waals surface area contributed by atoms with Gasteiger partial charge >= 0.3 is 5.69 Å². The van der Waals surface area contributed by atoms with Crippen molar-refractivity contribution in [2.45, 2.75) is 62.8 Å². The zero-order valence-electron chi connectivity index (χ0n) is 21.7. The number of anilines is 3. The van der Waals surface area contributed by atoms with Gasteiger partial charge in [-0.3, -0.25) is 4.90 Å². The first-order valence-corrected chi connectivity index (χ1v) is 13.1. The molecule has 0 bridgehead atoms. The van der Waals surface area contributed by atoms with Crippen LogP contribution in [-0.4, -0.2) is 66.6 Å². The summed E-state index contributed by atoms with van der Waals surface area (Å²) >= 11 is 0. The molecule has 1 aromatic carbocycles. The Labute approximate surface area is 219 Å². The Kier molecular flexibility index (Phi) is 5.12. The Hall–Kier alpha value is -3.51. The fraction of sp³-hybridized carbons (Fsp3) is 0.538. The molecular weight excluding hydrogens is 491 g/mol. The number of aryl methyl sites for hydroxylation is 1. The number of hydrogen-bond donors (Lipinski definition) is 2. The number of nitrogens with zero attached hydrogens (tertiary/aromatic N) is 6. The lowest BCUT2D eigenvalue weighted by atomic mass is 9.84. The highest BCUT2D eigenvalue weighted by atomic mass is 19.1. The van der Waals surface area contributed by atoms with Crippen molar-refractivity contribution in [3.63, 3.8) is 0 Å². The average Bonchev–Trinajstić information content (AvgIpc) is 3.45. The zero-order valence-corrected chi connectivity index (χ0v) is 21.7. The van der Waals surface area contributed by atoms with Crippen molar-refractivity contribution in [1.29, 1.82) is 0 Å². The summed E-state index contributed by atoms with van der Waals surface area (Å²) in [5.74, 6) is 1.03. The van der Waals surface area contributed by atoms with Crippen molar-refractivity contribution in [3.8, 4) is 11.4 Å². The van der Waals surface area contributed by atoms with Crippen LogP contribution in [0.15, 0.2) is 29.2 Å². The molecule has 3 saturated heterocycles. The topological polar surface area (TPSA) is 111 Å². The van der Waals surface area contributed by atoms with E-state index < -0.39 is 11.4 Å². The summed E-state index contributed by atoms with van der Waals surface area (Å²) in [6, 6.07) is 6.03. The minimum absolute atomic E-state index is 0.0558. The summed E-state index contributed by atoms with van der Waals surface area (Å²) in [6.07, 6.45) is 5.45. The molecule has 0 saturated carbocycles. The van der Waals surface area contributed by atoms with Crippen molar-refractivity contribution in [2.24, 2.45) is 7.05 Å². The van der Waals surface area contributed by atoms with Gasteiger partial charge in [-0.2, -0.15) is 10.1 Å². The summed E-state index contributed by atoms with van der Waals surface area (Å²) < 4.78 is 29.3. The van der Waals surface area contributed by atoms with Gasteiger partial charge in [0.2, 0.25) is 11.5 Å². The molecule has 11 nitrogen and oxygen atoms in total. The molecule has 3 aromatic rings. The monoisotopic (exact) mass is 522 g/mol. The molecule has 7 rings (SSSR count). The highest BCUT2D eigenvalue weighted by Gasteiger charge is 2.51. The molecule has 12 heteroatoms. The van der Waals surface area contributed by atoms with Gasteiger partial charge in [0.1, 0.15) is 5.75 Å². The molecule has 0 radical (unpaired) electrons. The van der Waals surface area contributed by atoms with Crippen LogP contribution in [0.2, 0.25) is 0 Å². The molecule has 38 heavy (non-hydrogen) atoms.